The SMILES string of the molecule is CC[C@H](C)[SH](I)(CC)(CO)NC. The van der Waals surface area contributed by atoms with E-state index in [1.807, 2.05) is 7.05 Å². The predicted octanol–water partition coefficient (Wildman–Crippen LogP) is 2.31. The first kappa shape index (κ1) is 13.0. The highest BCUT2D eigenvalue weighted by Gasteiger charge is 2.38. The van der Waals surface area contributed by atoms with Gasteiger partial charge in [0.25, 0.3) is 0 Å². The number of thiol groups is 1. The van der Waals surface area contributed by atoms with Gasteiger partial charge in [-0.15, -0.1) is 0 Å². The van der Waals surface area contributed by atoms with E-state index in [2.05, 4.69) is 46.7 Å². The number of hydrogen-bond acceptors (Lipinski definition) is 2. The zero-order valence-corrected chi connectivity index (χ0v) is 11.5. The number of nitrogens with one attached hydrogen (secondary N) is 1. The van der Waals surface area contributed by atoms with Gasteiger partial charge < -0.3 is 5.11 Å². The van der Waals surface area contributed by atoms with E-state index in [9.17, 15) is 5.11 Å². The van der Waals surface area contributed by atoms with Crippen molar-refractivity contribution in [2.45, 2.75) is 32.4 Å². The minimum absolute atomic E-state index is 0.314. The van der Waals surface area contributed by atoms with Crippen molar-refractivity contribution in [3.05, 3.63) is 0 Å². The van der Waals surface area contributed by atoms with Crippen LogP contribution in [-0.2, 0) is 0 Å². The van der Waals surface area contributed by atoms with Crippen LogP contribution in [0, 0.1) is 0 Å². The van der Waals surface area contributed by atoms with Gasteiger partial charge in [0.05, 0.1) is 5.94 Å². The van der Waals surface area contributed by atoms with E-state index in [0.29, 0.717) is 11.2 Å². The molecule has 78 valence electrons. The number of halogens is 1. The summed E-state index contributed by atoms with van der Waals surface area (Å²) in [6.07, 6.45) is 1.13. The standard InChI is InChI=1S/C8H22INOS/c1-5-8(3)12(9,6-2,7-11)10-4/h8,10-12H,5-7H2,1-4H3/t8-/m0/s1. The molecule has 0 aliphatic carbocycles. The van der Waals surface area contributed by atoms with E-state index < -0.39 is 6.52 Å². The van der Waals surface area contributed by atoms with Crippen molar-refractivity contribution >= 4 is 27.7 Å². The van der Waals surface area contributed by atoms with Crippen molar-refractivity contribution in [2.24, 2.45) is 0 Å². The smallest absolute Gasteiger partial charge is 0.0771 e. The molecule has 0 heterocycles. The Balaban J connectivity index is 4.81. The quantitative estimate of drug-likeness (QED) is 0.538. The summed E-state index contributed by atoms with van der Waals surface area (Å²) in [5.41, 5.74) is 0. The highest BCUT2D eigenvalue weighted by Crippen LogP contribution is 2.75. The van der Waals surface area contributed by atoms with Gasteiger partial charge in [0.2, 0.25) is 0 Å². The monoisotopic (exact) mass is 307 g/mol. The van der Waals surface area contributed by atoms with Crippen LogP contribution < -0.4 is 4.72 Å². The first-order valence-corrected chi connectivity index (χ1v) is 9.96. The molecule has 0 bridgehead atoms. The van der Waals surface area contributed by atoms with E-state index >= 15 is 0 Å². The maximum absolute atomic E-state index is 9.53. The Bertz CT molecular complexity index is 139. The first-order chi connectivity index (χ1) is 5.47. The molecule has 2 nitrogen and oxygen atoms in total. The molecule has 0 unspecified atom stereocenters. The molecule has 1 atom stereocenters. The number of aliphatic hydroxyl groups is 1. The van der Waals surface area contributed by atoms with E-state index in [1.54, 1.807) is 0 Å². The summed E-state index contributed by atoms with van der Waals surface area (Å²) >= 11 is 2.50. The normalized spacial score (nSPS) is 18.3. The number of rotatable bonds is 5. The second kappa shape index (κ2) is 4.48. The van der Waals surface area contributed by atoms with Crippen LogP contribution in [0.25, 0.3) is 0 Å². The highest BCUT2D eigenvalue weighted by atomic mass is 127. The molecule has 0 radical (unpaired) electrons. The minimum Gasteiger partial charge on any atom is -0.387 e. The van der Waals surface area contributed by atoms with Gasteiger partial charge in [-0.3, -0.25) is 4.72 Å². The Morgan fingerprint density at radius 2 is 2.00 bits per heavy atom. The fourth-order valence-electron chi connectivity index (χ4n) is 1.42. The fraction of sp³-hybridized carbons (Fsp3) is 1.00. The molecule has 0 aliphatic rings. The zero-order valence-electron chi connectivity index (χ0n) is 8.47. The van der Waals surface area contributed by atoms with Crippen molar-refractivity contribution in [3.63, 3.8) is 0 Å². The lowest BCUT2D eigenvalue weighted by molar-refractivity contribution is 0.367. The van der Waals surface area contributed by atoms with Crippen molar-refractivity contribution in [1.82, 2.24) is 4.72 Å². The largest absolute Gasteiger partial charge is 0.387 e. The molecule has 0 saturated carbocycles. The summed E-state index contributed by atoms with van der Waals surface area (Å²) in [4.78, 5) is 0. The van der Waals surface area contributed by atoms with E-state index in [0.717, 1.165) is 12.2 Å². The Kier molecular flexibility index (Phi) is 4.85. The molecule has 0 aromatic carbocycles. The summed E-state index contributed by atoms with van der Waals surface area (Å²) in [6.45, 7) is 4.58. The van der Waals surface area contributed by atoms with E-state index in [4.69, 9.17) is 0 Å². The summed E-state index contributed by atoms with van der Waals surface area (Å²) in [5, 5.41) is 10.1. The van der Waals surface area contributed by atoms with Crippen LogP contribution in [0.3, 0.4) is 0 Å². The van der Waals surface area contributed by atoms with E-state index in [-0.39, 0.29) is 0 Å². The molecule has 0 spiro atoms. The van der Waals surface area contributed by atoms with Crippen LogP contribution in [0.4, 0.5) is 0 Å². The lowest BCUT2D eigenvalue weighted by atomic mass is 10.4. The summed E-state index contributed by atoms with van der Waals surface area (Å²) in [5.74, 6) is 1.38. The van der Waals surface area contributed by atoms with Gasteiger partial charge in [0.1, 0.15) is 0 Å². The molecule has 4 heteroatoms. The van der Waals surface area contributed by atoms with Gasteiger partial charge in [-0.05, 0) is 45.7 Å². The third-order valence-electron chi connectivity index (χ3n) is 3.12. The first-order valence-electron chi connectivity index (χ1n) is 4.50. The van der Waals surface area contributed by atoms with Crippen molar-refractivity contribution < 1.29 is 5.11 Å². The molecule has 12 heavy (non-hydrogen) atoms. The molecular formula is C8H22INOS. The van der Waals surface area contributed by atoms with Gasteiger partial charge in [-0.2, -0.15) is 6.52 Å². The van der Waals surface area contributed by atoms with Crippen molar-refractivity contribution in [3.8, 4) is 0 Å². The molecule has 0 aromatic rings. The molecule has 0 rings (SSSR count). The van der Waals surface area contributed by atoms with Crippen LogP contribution in [0.1, 0.15) is 27.2 Å². The molecule has 0 aliphatic heterocycles. The Hall–Kier alpha value is 1.00. The highest BCUT2D eigenvalue weighted by molar-refractivity contribution is 14.2. The van der Waals surface area contributed by atoms with Gasteiger partial charge in [-0.1, -0.05) is 20.8 Å². The third kappa shape index (κ3) is 2.08. The van der Waals surface area contributed by atoms with Crippen molar-refractivity contribution in [1.29, 1.82) is 0 Å². The lowest BCUT2D eigenvalue weighted by Gasteiger charge is -2.59. The van der Waals surface area contributed by atoms with Gasteiger partial charge in [0, 0.05) is 0 Å². The van der Waals surface area contributed by atoms with Gasteiger partial charge >= 0.3 is 0 Å². The van der Waals surface area contributed by atoms with Gasteiger partial charge in [0.15, 0.2) is 0 Å². The van der Waals surface area contributed by atoms with Gasteiger partial charge in [-0.25, -0.2) is 0 Å². The zero-order chi connectivity index (χ0) is 9.85. The molecule has 0 amide bonds. The second-order valence-corrected chi connectivity index (χ2v) is 15.8. The molecule has 2 N–H and O–H groups in total. The van der Waals surface area contributed by atoms with Crippen LogP contribution in [0.5, 0.6) is 0 Å². The lowest BCUT2D eigenvalue weighted by Crippen LogP contribution is -2.38. The summed E-state index contributed by atoms with van der Waals surface area (Å²) < 4.78 is 3.41. The third-order valence-corrected chi connectivity index (χ3v) is 15.8. The van der Waals surface area contributed by atoms with Crippen LogP contribution in [0.15, 0.2) is 0 Å². The average molecular weight is 307 g/mol. The fourth-order valence-corrected chi connectivity index (χ4v) is 5.44. The Morgan fingerprint density at radius 1 is 1.50 bits per heavy atom. The average Bonchev–Trinajstić information content (AvgIpc) is 2.16. The summed E-state index contributed by atoms with van der Waals surface area (Å²) in [6, 6.07) is 0. The molecular weight excluding hydrogens is 285 g/mol. The Morgan fingerprint density at radius 3 is 2.08 bits per heavy atom. The molecule has 0 fully saturated rings. The topological polar surface area (TPSA) is 32.3 Å². The molecule has 0 aromatic heterocycles. The Labute approximate surface area is 88.5 Å². The predicted molar refractivity (Wildman–Crippen MR) is 69.4 cm³/mol. The maximum atomic E-state index is 9.53. The van der Waals surface area contributed by atoms with E-state index in [1.165, 1.54) is 0 Å². The minimum atomic E-state index is -2.02. The van der Waals surface area contributed by atoms with Crippen LogP contribution in [0.2, 0.25) is 0 Å². The molecule has 0 saturated heterocycles. The van der Waals surface area contributed by atoms with Crippen LogP contribution in [-0.4, -0.2) is 29.1 Å². The van der Waals surface area contributed by atoms with Crippen LogP contribution >= 0.6 is 27.7 Å². The second-order valence-electron chi connectivity index (χ2n) is 3.39. The van der Waals surface area contributed by atoms with Crippen molar-refractivity contribution in [2.75, 3.05) is 18.7 Å². The summed E-state index contributed by atoms with van der Waals surface area (Å²) in [7, 11) is 1.98. The maximum Gasteiger partial charge on any atom is 0.0771 e. The number of aliphatic hydroxyl groups excluding tert-OH is 1. The number of hydrogen-bond donors (Lipinski definition) is 3.